The number of imidazole rings is 1. The highest BCUT2D eigenvalue weighted by Crippen LogP contribution is 2.26. The normalized spacial score (nSPS) is 10.2. The van der Waals surface area contributed by atoms with Crippen molar-refractivity contribution in [1.29, 1.82) is 10.5 Å². The molecule has 3 rings (SSSR count). The quantitative estimate of drug-likeness (QED) is 0.716. The SMILES string of the molecule is N#CCc1nc2ccccc2n1-c1cc(Br)ccc1C#N. The van der Waals surface area contributed by atoms with Gasteiger partial charge in [0.25, 0.3) is 0 Å². The number of rotatable bonds is 2. The summed E-state index contributed by atoms with van der Waals surface area (Å²) in [7, 11) is 0. The van der Waals surface area contributed by atoms with Gasteiger partial charge in [-0.3, -0.25) is 4.57 Å². The van der Waals surface area contributed by atoms with Gasteiger partial charge in [-0.2, -0.15) is 10.5 Å². The molecular formula is C16H9BrN4. The zero-order chi connectivity index (χ0) is 14.8. The minimum Gasteiger partial charge on any atom is -0.294 e. The van der Waals surface area contributed by atoms with Crippen LogP contribution in [0.3, 0.4) is 0 Å². The Morgan fingerprint density at radius 1 is 1.14 bits per heavy atom. The second kappa shape index (κ2) is 5.40. The second-order valence-corrected chi connectivity index (χ2v) is 5.38. The average molecular weight is 337 g/mol. The molecule has 2 aromatic carbocycles. The zero-order valence-corrected chi connectivity index (χ0v) is 12.5. The molecule has 3 aromatic rings. The first-order valence-electron chi connectivity index (χ1n) is 6.28. The summed E-state index contributed by atoms with van der Waals surface area (Å²) in [5, 5.41) is 18.4. The van der Waals surface area contributed by atoms with Crippen molar-refractivity contribution in [3.05, 3.63) is 58.3 Å². The fraction of sp³-hybridized carbons (Fsp3) is 0.0625. The van der Waals surface area contributed by atoms with E-state index in [2.05, 4.69) is 33.1 Å². The third kappa shape index (κ3) is 2.29. The summed E-state index contributed by atoms with van der Waals surface area (Å²) < 4.78 is 2.75. The van der Waals surface area contributed by atoms with Crippen molar-refractivity contribution < 1.29 is 0 Å². The third-order valence-corrected chi connectivity index (χ3v) is 3.68. The molecule has 0 aliphatic heterocycles. The molecule has 0 saturated heterocycles. The predicted octanol–water partition coefficient (Wildman–Crippen LogP) is 3.73. The Balaban J connectivity index is 2.39. The van der Waals surface area contributed by atoms with Crippen LogP contribution in [0.1, 0.15) is 11.4 Å². The number of nitriles is 2. The second-order valence-electron chi connectivity index (χ2n) is 4.46. The number of benzene rings is 2. The molecule has 0 unspecified atom stereocenters. The first kappa shape index (κ1) is 13.4. The van der Waals surface area contributed by atoms with Crippen LogP contribution in [0.2, 0.25) is 0 Å². The monoisotopic (exact) mass is 336 g/mol. The molecule has 100 valence electrons. The van der Waals surface area contributed by atoms with Crippen LogP contribution in [0.25, 0.3) is 16.7 Å². The smallest absolute Gasteiger partial charge is 0.128 e. The Morgan fingerprint density at radius 2 is 1.95 bits per heavy atom. The molecule has 0 N–H and O–H groups in total. The Bertz CT molecular complexity index is 912. The number of para-hydroxylation sites is 2. The van der Waals surface area contributed by atoms with Gasteiger partial charge in [0, 0.05) is 4.47 Å². The highest BCUT2D eigenvalue weighted by Gasteiger charge is 2.15. The van der Waals surface area contributed by atoms with Crippen LogP contribution in [0.4, 0.5) is 0 Å². The molecule has 0 amide bonds. The van der Waals surface area contributed by atoms with Crippen molar-refractivity contribution in [3.63, 3.8) is 0 Å². The highest BCUT2D eigenvalue weighted by molar-refractivity contribution is 9.10. The van der Waals surface area contributed by atoms with Gasteiger partial charge in [-0.05, 0) is 30.3 Å². The molecule has 1 heterocycles. The van der Waals surface area contributed by atoms with E-state index in [1.54, 1.807) is 6.07 Å². The van der Waals surface area contributed by atoms with Gasteiger partial charge in [0.2, 0.25) is 0 Å². The van der Waals surface area contributed by atoms with Crippen molar-refractivity contribution in [2.75, 3.05) is 0 Å². The third-order valence-electron chi connectivity index (χ3n) is 3.19. The average Bonchev–Trinajstić information content (AvgIpc) is 2.85. The molecule has 0 bridgehead atoms. The number of hydrogen-bond acceptors (Lipinski definition) is 3. The molecule has 0 radical (unpaired) electrons. The number of halogens is 1. The Kier molecular flexibility index (Phi) is 3.43. The molecule has 0 saturated carbocycles. The topological polar surface area (TPSA) is 65.4 Å². The lowest BCUT2D eigenvalue weighted by Crippen LogP contribution is -2.03. The van der Waals surface area contributed by atoms with Gasteiger partial charge in [-0.1, -0.05) is 28.1 Å². The van der Waals surface area contributed by atoms with Crippen molar-refractivity contribution in [3.8, 4) is 17.8 Å². The van der Waals surface area contributed by atoms with Gasteiger partial charge < -0.3 is 0 Å². The van der Waals surface area contributed by atoms with E-state index in [0.717, 1.165) is 21.2 Å². The van der Waals surface area contributed by atoms with Gasteiger partial charge in [-0.15, -0.1) is 0 Å². The van der Waals surface area contributed by atoms with Crippen LogP contribution >= 0.6 is 15.9 Å². The summed E-state index contributed by atoms with van der Waals surface area (Å²) in [4.78, 5) is 4.50. The minimum atomic E-state index is 0.187. The summed E-state index contributed by atoms with van der Waals surface area (Å²) in [6.45, 7) is 0. The fourth-order valence-corrected chi connectivity index (χ4v) is 2.67. The molecule has 21 heavy (non-hydrogen) atoms. The van der Waals surface area contributed by atoms with E-state index < -0.39 is 0 Å². The van der Waals surface area contributed by atoms with E-state index in [1.807, 2.05) is 41.0 Å². The van der Waals surface area contributed by atoms with Gasteiger partial charge in [-0.25, -0.2) is 4.98 Å². The van der Waals surface area contributed by atoms with Crippen LogP contribution < -0.4 is 0 Å². The molecule has 0 aliphatic rings. The molecule has 0 atom stereocenters. The molecule has 5 heteroatoms. The van der Waals surface area contributed by atoms with E-state index in [1.165, 1.54) is 0 Å². The highest BCUT2D eigenvalue weighted by atomic mass is 79.9. The zero-order valence-electron chi connectivity index (χ0n) is 10.9. The van der Waals surface area contributed by atoms with Gasteiger partial charge in [0.15, 0.2) is 0 Å². The van der Waals surface area contributed by atoms with E-state index in [4.69, 9.17) is 5.26 Å². The maximum atomic E-state index is 9.34. The van der Waals surface area contributed by atoms with Crippen LogP contribution in [0.5, 0.6) is 0 Å². The lowest BCUT2D eigenvalue weighted by molar-refractivity contribution is 0.950. The van der Waals surface area contributed by atoms with Crippen molar-refractivity contribution in [1.82, 2.24) is 9.55 Å². The first-order chi connectivity index (χ1) is 10.2. The lowest BCUT2D eigenvalue weighted by atomic mass is 10.2. The van der Waals surface area contributed by atoms with Crippen LogP contribution in [-0.4, -0.2) is 9.55 Å². The summed E-state index contributed by atoms with van der Waals surface area (Å²) in [5.74, 6) is 0.633. The summed E-state index contributed by atoms with van der Waals surface area (Å²) in [6.07, 6.45) is 0.187. The number of hydrogen-bond donors (Lipinski definition) is 0. The fourth-order valence-electron chi connectivity index (χ4n) is 2.32. The molecule has 0 fully saturated rings. The Labute approximate surface area is 130 Å². The van der Waals surface area contributed by atoms with Gasteiger partial charge >= 0.3 is 0 Å². The Hall–Kier alpha value is -2.63. The van der Waals surface area contributed by atoms with Crippen LogP contribution in [0, 0.1) is 22.7 Å². The number of fused-ring (bicyclic) bond motifs is 1. The van der Waals surface area contributed by atoms with Crippen molar-refractivity contribution >= 4 is 27.0 Å². The van der Waals surface area contributed by atoms with Crippen molar-refractivity contribution in [2.45, 2.75) is 6.42 Å². The van der Waals surface area contributed by atoms with E-state index in [-0.39, 0.29) is 6.42 Å². The van der Waals surface area contributed by atoms with E-state index >= 15 is 0 Å². The van der Waals surface area contributed by atoms with Gasteiger partial charge in [0.1, 0.15) is 11.9 Å². The molecule has 4 nitrogen and oxygen atoms in total. The maximum Gasteiger partial charge on any atom is 0.128 e. The van der Waals surface area contributed by atoms with Crippen LogP contribution in [-0.2, 0) is 6.42 Å². The predicted molar refractivity (Wildman–Crippen MR) is 82.8 cm³/mol. The van der Waals surface area contributed by atoms with E-state index in [0.29, 0.717) is 11.4 Å². The number of nitrogens with zero attached hydrogens (tertiary/aromatic N) is 4. The summed E-state index contributed by atoms with van der Waals surface area (Å²) in [5.41, 5.74) is 2.97. The first-order valence-corrected chi connectivity index (χ1v) is 7.07. The largest absolute Gasteiger partial charge is 0.294 e. The van der Waals surface area contributed by atoms with E-state index in [9.17, 15) is 5.26 Å². The number of aromatic nitrogens is 2. The molecular weight excluding hydrogens is 328 g/mol. The van der Waals surface area contributed by atoms with Gasteiger partial charge in [0.05, 0.1) is 34.8 Å². The molecule has 0 spiro atoms. The van der Waals surface area contributed by atoms with Crippen LogP contribution in [0.15, 0.2) is 46.9 Å². The minimum absolute atomic E-state index is 0.187. The Morgan fingerprint density at radius 3 is 2.71 bits per heavy atom. The molecule has 1 aromatic heterocycles. The standard InChI is InChI=1S/C16H9BrN4/c17-12-6-5-11(10-19)15(9-12)21-14-4-2-1-3-13(14)20-16(21)7-8-18/h1-6,9H,7H2. The summed E-state index contributed by atoms with van der Waals surface area (Å²) in [6, 6.07) is 17.4. The molecule has 0 aliphatic carbocycles. The van der Waals surface area contributed by atoms with Crippen molar-refractivity contribution in [2.24, 2.45) is 0 Å². The lowest BCUT2D eigenvalue weighted by Gasteiger charge is -2.10. The summed E-state index contributed by atoms with van der Waals surface area (Å²) >= 11 is 3.43. The maximum absolute atomic E-state index is 9.34.